The molecule has 0 saturated carbocycles. The minimum absolute atomic E-state index is 0.0558. The van der Waals surface area contributed by atoms with Crippen LogP contribution in [0.4, 0.5) is 0 Å². The summed E-state index contributed by atoms with van der Waals surface area (Å²) in [7, 11) is 0. The first kappa shape index (κ1) is 35.7. The number of nitrogens with two attached hydrogens (primary N) is 2. The highest BCUT2D eigenvalue weighted by molar-refractivity contribution is 6.53. The normalized spacial score (nSPS) is 15.3. The number of rotatable bonds is 14. The molecule has 1 aliphatic heterocycles. The van der Waals surface area contributed by atoms with Crippen molar-refractivity contribution in [2.75, 3.05) is 32.7 Å². The first-order chi connectivity index (χ1) is 23.4. The zero-order valence-corrected chi connectivity index (χ0v) is 26.3. The number of aliphatic imine (C=N–C) groups is 1. The molecular weight excluding hydrogens is 640 g/mol. The van der Waals surface area contributed by atoms with Gasteiger partial charge in [-0.3, -0.25) is 43.3 Å². The average molecular weight is 677 g/mol. The number of Topliss-reactive ketones (excluding diaryl/α,β-unsaturated/α-hetero) is 2. The van der Waals surface area contributed by atoms with Crippen molar-refractivity contribution < 1.29 is 43.5 Å². The zero-order valence-electron chi connectivity index (χ0n) is 26.3. The monoisotopic (exact) mass is 676 g/mol. The highest BCUT2D eigenvalue weighted by Gasteiger charge is 2.36. The van der Waals surface area contributed by atoms with Crippen LogP contribution in [0.3, 0.4) is 0 Å². The molecule has 17 heteroatoms. The summed E-state index contributed by atoms with van der Waals surface area (Å²) >= 11 is 0. The summed E-state index contributed by atoms with van der Waals surface area (Å²) in [5.74, 6) is -6.15. The molecule has 0 radical (unpaired) electrons. The molecule has 17 nitrogen and oxygen atoms in total. The van der Waals surface area contributed by atoms with E-state index in [1.165, 1.54) is 17.0 Å². The number of carbonyl (C=O) groups excluding carboxylic acids is 7. The molecule has 0 spiro atoms. The van der Waals surface area contributed by atoms with Gasteiger partial charge in [0.25, 0.3) is 5.91 Å². The maximum Gasteiger partial charge on any atom is 0.322 e. The summed E-state index contributed by atoms with van der Waals surface area (Å²) in [5, 5.41) is 18.5. The van der Waals surface area contributed by atoms with Gasteiger partial charge >= 0.3 is 5.97 Å². The fourth-order valence-electron chi connectivity index (χ4n) is 5.53. The van der Waals surface area contributed by atoms with Crippen molar-refractivity contribution in [3.05, 3.63) is 59.2 Å². The number of benzene rings is 2. The second kappa shape index (κ2) is 16.1. The van der Waals surface area contributed by atoms with Gasteiger partial charge in [0.15, 0.2) is 5.96 Å². The van der Waals surface area contributed by atoms with Gasteiger partial charge in [0, 0.05) is 29.8 Å². The molecule has 1 aliphatic carbocycles. The van der Waals surface area contributed by atoms with Crippen LogP contribution in [0.2, 0.25) is 0 Å². The molecule has 49 heavy (non-hydrogen) atoms. The van der Waals surface area contributed by atoms with Crippen LogP contribution in [-0.4, -0.2) is 108 Å². The van der Waals surface area contributed by atoms with Crippen LogP contribution in [0, 0.1) is 0 Å². The zero-order chi connectivity index (χ0) is 35.7. The lowest BCUT2D eigenvalue weighted by Gasteiger charge is -2.26. The fourth-order valence-corrected chi connectivity index (χ4v) is 5.53. The van der Waals surface area contributed by atoms with E-state index < -0.39 is 78.8 Å². The van der Waals surface area contributed by atoms with E-state index in [-0.39, 0.29) is 48.6 Å². The van der Waals surface area contributed by atoms with Gasteiger partial charge in [-0.2, -0.15) is 0 Å². The number of likely N-dealkylation sites (tertiary alicyclic amines) is 1. The van der Waals surface area contributed by atoms with E-state index >= 15 is 0 Å². The van der Waals surface area contributed by atoms with E-state index in [9.17, 15) is 38.4 Å². The lowest BCUT2D eigenvalue weighted by molar-refractivity contribution is -0.140. The summed E-state index contributed by atoms with van der Waals surface area (Å²) in [6, 6.07) is 8.93. The van der Waals surface area contributed by atoms with Crippen LogP contribution in [0.1, 0.15) is 56.8 Å². The van der Waals surface area contributed by atoms with Crippen molar-refractivity contribution in [3.8, 4) is 11.1 Å². The summed E-state index contributed by atoms with van der Waals surface area (Å²) in [4.78, 5) is 105. The molecule has 1 saturated heterocycles. The number of carboxylic acids is 1. The molecule has 2 aromatic carbocycles. The van der Waals surface area contributed by atoms with Gasteiger partial charge in [0.05, 0.1) is 13.1 Å². The number of carboxylic acid groups (broad SMARTS) is 1. The van der Waals surface area contributed by atoms with E-state index in [2.05, 4.69) is 26.3 Å². The first-order valence-corrected chi connectivity index (χ1v) is 15.4. The van der Waals surface area contributed by atoms with Crippen LogP contribution in [0.15, 0.2) is 47.5 Å². The Hall–Kier alpha value is -6.13. The lowest BCUT2D eigenvalue weighted by Crippen LogP contribution is -2.54. The second-order valence-corrected chi connectivity index (χ2v) is 11.3. The Morgan fingerprint density at radius 3 is 2.29 bits per heavy atom. The Balaban J connectivity index is 1.29. The van der Waals surface area contributed by atoms with Crippen LogP contribution >= 0.6 is 0 Å². The van der Waals surface area contributed by atoms with E-state index in [1.54, 1.807) is 30.3 Å². The maximum absolute atomic E-state index is 13.1. The summed E-state index contributed by atoms with van der Waals surface area (Å²) < 4.78 is 0. The smallest absolute Gasteiger partial charge is 0.322 e. The van der Waals surface area contributed by atoms with Crippen molar-refractivity contribution >= 4 is 53.0 Å². The van der Waals surface area contributed by atoms with E-state index in [0.29, 0.717) is 24.0 Å². The molecule has 4 rings (SSSR count). The van der Waals surface area contributed by atoms with Crippen LogP contribution in [-0.2, 0) is 24.0 Å². The molecule has 2 aliphatic rings. The first-order valence-electron chi connectivity index (χ1n) is 15.4. The number of guanidine groups is 1. The van der Waals surface area contributed by atoms with Gasteiger partial charge in [-0.15, -0.1) is 0 Å². The number of ketones is 2. The van der Waals surface area contributed by atoms with Crippen LogP contribution in [0.5, 0.6) is 0 Å². The third-order valence-electron chi connectivity index (χ3n) is 7.91. The molecule has 1 fully saturated rings. The van der Waals surface area contributed by atoms with Gasteiger partial charge in [-0.05, 0) is 48.9 Å². The predicted molar refractivity (Wildman–Crippen MR) is 173 cm³/mol. The highest BCUT2D eigenvalue weighted by Crippen LogP contribution is 2.33. The molecule has 5 amide bonds. The summed E-state index contributed by atoms with van der Waals surface area (Å²) in [5.41, 5.74) is 12.1. The van der Waals surface area contributed by atoms with Gasteiger partial charge in [0.1, 0.15) is 18.6 Å². The van der Waals surface area contributed by atoms with Crippen LogP contribution < -0.4 is 32.7 Å². The number of amides is 5. The number of fused-ring (bicyclic) bond motifs is 3. The third-order valence-corrected chi connectivity index (χ3v) is 7.91. The molecule has 9 N–H and O–H groups in total. The Morgan fingerprint density at radius 1 is 0.878 bits per heavy atom. The Morgan fingerprint density at radius 2 is 1.57 bits per heavy atom. The van der Waals surface area contributed by atoms with Crippen molar-refractivity contribution in [1.29, 1.82) is 0 Å². The summed E-state index contributed by atoms with van der Waals surface area (Å²) in [6.07, 6.45) is 1.15. The van der Waals surface area contributed by atoms with Crippen molar-refractivity contribution in [3.63, 3.8) is 0 Å². The quantitative estimate of drug-likeness (QED) is 0.0513. The molecule has 0 aromatic heterocycles. The minimum atomic E-state index is -1.27. The van der Waals surface area contributed by atoms with E-state index in [4.69, 9.17) is 16.6 Å². The SMILES string of the molecule is NC(N)=NCCC[C@H](NC(=O)[C@@H]1CCCN1C(=O)CNC(=O)CNC(=O)c1ccc2c(c1)C(=O)C(=O)c1ccccc1-2)C(=O)NCC(=O)O. The third kappa shape index (κ3) is 9.03. The molecule has 0 unspecified atom stereocenters. The number of nitrogens with zero attached hydrogens (tertiary/aromatic N) is 2. The predicted octanol–water partition coefficient (Wildman–Crippen LogP) is -1.69. The fraction of sp³-hybridized carbons (Fsp3) is 0.344. The Bertz CT molecular complexity index is 1720. The van der Waals surface area contributed by atoms with Gasteiger partial charge < -0.3 is 42.7 Å². The number of nitrogens with one attached hydrogen (secondary N) is 4. The molecule has 2 atom stereocenters. The van der Waals surface area contributed by atoms with E-state index in [0.717, 1.165) is 0 Å². The van der Waals surface area contributed by atoms with Gasteiger partial charge in [-0.1, -0.05) is 30.3 Å². The number of carbonyl (C=O) groups is 8. The number of hydrogen-bond donors (Lipinski definition) is 7. The van der Waals surface area contributed by atoms with E-state index in [1.807, 2.05) is 0 Å². The topological polar surface area (TPSA) is 273 Å². The van der Waals surface area contributed by atoms with Crippen LogP contribution in [0.25, 0.3) is 11.1 Å². The van der Waals surface area contributed by atoms with Crippen molar-refractivity contribution in [1.82, 2.24) is 26.2 Å². The molecular formula is C32H36N8O9. The van der Waals surface area contributed by atoms with Gasteiger partial charge in [-0.25, -0.2) is 0 Å². The van der Waals surface area contributed by atoms with Gasteiger partial charge in [0.2, 0.25) is 35.2 Å². The lowest BCUT2D eigenvalue weighted by atomic mass is 9.83. The largest absolute Gasteiger partial charge is 0.480 e. The Kier molecular flexibility index (Phi) is 11.8. The number of aliphatic carboxylic acids is 1. The average Bonchev–Trinajstić information content (AvgIpc) is 3.59. The molecule has 258 valence electrons. The Labute approximate surface area is 279 Å². The summed E-state index contributed by atoms with van der Waals surface area (Å²) in [6.45, 7) is -1.26. The minimum Gasteiger partial charge on any atom is -0.480 e. The molecule has 1 heterocycles. The molecule has 2 aromatic rings. The second-order valence-electron chi connectivity index (χ2n) is 11.3. The maximum atomic E-state index is 13.1. The van der Waals surface area contributed by atoms with Crippen molar-refractivity contribution in [2.24, 2.45) is 16.5 Å². The number of hydrogen-bond acceptors (Lipinski definition) is 9. The van der Waals surface area contributed by atoms with Crippen molar-refractivity contribution in [2.45, 2.75) is 37.8 Å². The standard InChI is InChI=1S/C32H36N8O9/c33-32(34)35-11-3-7-22(30(48)38-16-26(43)44)39-31(49)23-8-4-12-40(23)25(42)15-36-24(41)14-37-29(47)17-9-10-19-18-5-1-2-6-20(18)27(45)28(46)21(19)13-17/h1-2,5-6,9-10,13,22-23H,3-4,7-8,11-12,14-16H2,(H,36,41)(H,37,47)(H,38,48)(H,39,49)(H,43,44)(H4,33,34,35)/t22-,23-/m0/s1. The highest BCUT2D eigenvalue weighted by atomic mass is 16.4. The molecule has 0 bridgehead atoms.